The first kappa shape index (κ1) is 15.4. The Morgan fingerprint density at radius 3 is 2.60 bits per heavy atom. The van der Waals surface area contributed by atoms with E-state index in [9.17, 15) is 8.78 Å². The number of halogens is 2. The second-order valence-corrected chi connectivity index (χ2v) is 5.67. The lowest BCUT2D eigenvalue weighted by molar-refractivity contribution is 0.0250. The molecule has 1 aliphatic heterocycles. The summed E-state index contributed by atoms with van der Waals surface area (Å²) in [4.78, 5) is 1.97. The largest absolute Gasteiger partial charge is 0.307 e. The van der Waals surface area contributed by atoms with E-state index < -0.39 is 6.43 Å². The van der Waals surface area contributed by atoms with E-state index in [1.165, 1.54) is 5.56 Å². The summed E-state index contributed by atoms with van der Waals surface area (Å²) < 4.78 is 25.7. The van der Waals surface area contributed by atoms with Gasteiger partial charge in [0.15, 0.2) is 0 Å². The van der Waals surface area contributed by atoms with E-state index in [1.54, 1.807) is 0 Å². The summed E-state index contributed by atoms with van der Waals surface area (Å²) in [6.45, 7) is 5.58. The Morgan fingerprint density at radius 1 is 1.30 bits per heavy atom. The van der Waals surface area contributed by atoms with Gasteiger partial charge in [0.1, 0.15) is 0 Å². The van der Waals surface area contributed by atoms with Crippen molar-refractivity contribution < 1.29 is 8.78 Å². The monoisotopic (exact) mass is 282 g/mol. The van der Waals surface area contributed by atoms with Gasteiger partial charge in [-0.2, -0.15) is 0 Å². The van der Waals surface area contributed by atoms with Crippen LogP contribution in [0.25, 0.3) is 0 Å². The average molecular weight is 282 g/mol. The smallest absolute Gasteiger partial charge is 0.251 e. The molecule has 1 aliphatic rings. The van der Waals surface area contributed by atoms with E-state index in [4.69, 9.17) is 0 Å². The van der Waals surface area contributed by atoms with Gasteiger partial charge in [-0.05, 0) is 11.5 Å². The minimum atomic E-state index is -2.27. The molecular weight excluding hydrogens is 258 g/mol. The molecule has 0 radical (unpaired) electrons. The maximum atomic E-state index is 12.8. The maximum absolute atomic E-state index is 12.8. The van der Waals surface area contributed by atoms with Crippen LogP contribution in [0.5, 0.6) is 0 Å². The highest BCUT2D eigenvalue weighted by Gasteiger charge is 2.32. The zero-order valence-electron chi connectivity index (χ0n) is 12.2. The zero-order valence-corrected chi connectivity index (χ0v) is 12.2. The summed E-state index contributed by atoms with van der Waals surface area (Å²) in [6, 6.07) is 10.4. The summed E-state index contributed by atoms with van der Waals surface area (Å²) in [5, 5.41) is 3.52. The van der Waals surface area contributed by atoms with Crippen molar-refractivity contribution in [2.75, 3.05) is 19.6 Å². The molecule has 3 unspecified atom stereocenters. The maximum Gasteiger partial charge on any atom is 0.251 e. The summed E-state index contributed by atoms with van der Waals surface area (Å²) in [7, 11) is 0. The Hall–Kier alpha value is -1.00. The topological polar surface area (TPSA) is 15.3 Å². The Bertz CT molecular complexity index is 397. The Kier molecular flexibility index (Phi) is 5.49. The van der Waals surface area contributed by atoms with E-state index in [0.717, 1.165) is 13.0 Å². The SMILES string of the molecule is CCC(C)C1CNC(c2ccccc2)CN1CC(F)F. The lowest BCUT2D eigenvalue weighted by atomic mass is 9.93. The predicted octanol–water partition coefficient (Wildman–Crippen LogP) is 3.31. The number of piperazine rings is 1. The number of nitrogens with one attached hydrogen (secondary N) is 1. The molecule has 1 aromatic carbocycles. The van der Waals surface area contributed by atoms with Crippen LogP contribution in [0.4, 0.5) is 8.78 Å². The number of benzene rings is 1. The van der Waals surface area contributed by atoms with Crippen LogP contribution < -0.4 is 5.32 Å². The summed E-state index contributed by atoms with van der Waals surface area (Å²) >= 11 is 0. The van der Waals surface area contributed by atoms with Gasteiger partial charge in [-0.15, -0.1) is 0 Å². The summed E-state index contributed by atoms with van der Waals surface area (Å²) in [5.74, 6) is 0.429. The highest BCUT2D eigenvalue weighted by atomic mass is 19.3. The third-order valence-electron chi connectivity index (χ3n) is 4.33. The number of hydrogen-bond donors (Lipinski definition) is 1. The van der Waals surface area contributed by atoms with Crippen LogP contribution in [0.3, 0.4) is 0 Å². The molecule has 2 nitrogen and oxygen atoms in total. The van der Waals surface area contributed by atoms with Crippen molar-refractivity contribution in [1.82, 2.24) is 10.2 Å². The highest BCUT2D eigenvalue weighted by Crippen LogP contribution is 2.25. The van der Waals surface area contributed by atoms with Gasteiger partial charge >= 0.3 is 0 Å². The van der Waals surface area contributed by atoms with Crippen LogP contribution in [0.1, 0.15) is 31.9 Å². The summed E-state index contributed by atoms with van der Waals surface area (Å²) in [5.41, 5.74) is 1.18. The van der Waals surface area contributed by atoms with Gasteiger partial charge in [0, 0.05) is 25.2 Å². The molecule has 112 valence electrons. The third kappa shape index (κ3) is 3.76. The van der Waals surface area contributed by atoms with Crippen molar-refractivity contribution >= 4 is 0 Å². The van der Waals surface area contributed by atoms with E-state index in [2.05, 4.69) is 31.3 Å². The molecule has 2 rings (SSSR count). The van der Waals surface area contributed by atoms with Crippen molar-refractivity contribution in [2.45, 2.75) is 38.8 Å². The number of alkyl halides is 2. The van der Waals surface area contributed by atoms with Gasteiger partial charge in [-0.25, -0.2) is 8.78 Å². The zero-order chi connectivity index (χ0) is 14.5. The molecule has 0 aliphatic carbocycles. The van der Waals surface area contributed by atoms with E-state index in [-0.39, 0.29) is 18.6 Å². The summed E-state index contributed by atoms with van der Waals surface area (Å²) in [6.07, 6.45) is -1.25. The second-order valence-electron chi connectivity index (χ2n) is 5.67. The van der Waals surface area contributed by atoms with Crippen LogP contribution in [-0.4, -0.2) is 37.0 Å². The fraction of sp³-hybridized carbons (Fsp3) is 0.625. The van der Waals surface area contributed by atoms with Crippen LogP contribution in [0.15, 0.2) is 30.3 Å². The van der Waals surface area contributed by atoms with Gasteiger partial charge in [0.25, 0.3) is 6.43 Å². The number of rotatable bonds is 5. The average Bonchev–Trinajstić information content (AvgIpc) is 2.46. The van der Waals surface area contributed by atoms with Crippen molar-refractivity contribution in [3.8, 4) is 0 Å². The molecule has 1 aromatic rings. The Morgan fingerprint density at radius 2 is 2.00 bits per heavy atom. The molecule has 1 saturated heterocycles. The molecular formula is C16H24F2N2. The molecule has 1 fully saturated rings. The fourth-order valence-corrected chi connectivity index (χ4v) is 2.96. The van der Waals surface area contributed by atoms with Crippen molar-refractivity contribution in [2.24, 2.45) is 5.92 Å². The lowest BCUT2D eigenvalue weighted by Gasteiger charge is -2.43. The predicted molar refractivity (Wildman–Crippen MR) is 78.0 cm³/mol. The van der Waals surface area contributed by atoms with Crippen molar-refractivity contribution in [3.05, 3.63) is 35.9 Å². The second kappa shape index (κ2) is 7.14. The van der Waals surface area contributed by atoms with Crippen LogP contribution >= 0.6 is 0 Å². The van der Waals surface area contributed by atoms with Gasteiger partial charge in [0.2, 0.25) is 0 Å². The minimum absolute atomic E-state index is 0.125. The Balaban J connectivity index is 2.08. The molecule has 0 aromatic heterocycles. The van der Waals surface area contributed by atoms with Crippen molar-refractivity contribution in [1.29, 1.82) is 0 Å². The standard InChI is InChI=1S/C16H24F2N2/c1-3-12(2)15-9-19-14(10-20(15)11-16(17)18)13-7-5-4-6-8-13/h4-8,12,14-16,19H,3,9-11H2,1-2H3. The molecule has 0 bridgehead atoms. The number of hydrogen-bond acceptors (Lipinski definition) is 2. The Labute approximate surface area is 120 Å². The molecule has 1 N–H and O–H groups in total. The van der Waals surface area contributed by atoms with Gasteiger partial charge < -0.3 is 5.32 Å². The first-order chi connectivity index (χ1) is 9.61. The van der Waals surface area contributed by atoms with Crippen LogP contribution in [-0.2, 0) is 0 Å². The van der Waals surface area contributed by atoms with Gasteiger partial charge in [0.05, 0.1) is 6.54 Å². The lowest BCUT2D eigenvalue weighted by Crippen LogP contribution is -2.56. The third-order valence-corrected chi connectivity index (χ3v) is 4.33. The first-order valence-corrected chi connectivity index (χ1v) is 7.42. The number of nitrogens with zero attached hydrogens (tertiary/aromatic N) is 1. The minimum Gasteiger partial charge on any atom is -0.307 e. The van der Waals surface area contributed by atoms with Crippen molar-refractivity contribution in [3.63, 3.8) is 0 Å². The quantitative estimate of drug-likeness (QED) is 0.891. The highest BCUT2D eigenvalue weighted by molar-refractivity contribution is 5.20. The van der Waals surface area contributed by atoms with Crippen LogP contribution in [0, 0.1) is 5.92 Å². The normalized spacial score (nSPS) is 25.9. The van der Waals surface area contributed by atoms with Gasteiger partial charge in [-0.3, -0.25) is 4.90 Å². The molecule has 20 heavy (non-hydrogen) atoms. The fourth-order valence-electron chi connectivity index (χ4n) is 2.96. The van der Waals surface area contributed by atoms with Gasteiger partial charge in [-0.1, -0.05) is 50.6 Å². The first-order valence-electron chi connectivity index (χ1n) is 7.42. The molecule has 0 saturated carbocycles. The van der Waals surface area contributed by atoms with E-state index in [1.807, 2.05) is 23.1 Å². The molecule has 4 heteroatoms. The van der Waals surface area contributed by atoms with E-state index >= 15 is 0 Å². The van der Waals surface area contributed by atoms with E-state index in [0.29, 0.717) is 12.5 Å². The molecule has 0 spiro atoms. The van der Waals surface area contributed by atoms with Crippen LogP contribution in [0.2, 0.25) is 0 Å². The molecule has 1 heterocycles. The molecule has 0 amide bonds. The molecule has 3 atom stereocenters.